The molecule has 4 aromatic rings. The van der Waals surface area contributed by atoms with Gasteiger partial charge in [0.25, 0.3) is 0 Å². The maximum absolute atomic E-state index is 13.3. The van der Waals surface area contributed by atoms with Gasteiger partial charge in [-0.1, -0.05) is 23.4 Å². The predicted molar refractivity (Wildman–Crippen MR) is 136 cm³/mol. The number of hydrogen-bond acceptors (Lipinski definition) is 5. The first-order valence-corrected chi connectivity index (χ1v) is 11.7. The summed E-state index contributed by atoms with van der Waals surface area (Å²) in [4.78, 5) is 31.8. The molecule has 2 heterocycles. The molecule has 5 rings (SSSR count). The van der Waals surface area contributed by atoms with Gasteiger partial charge < -0.3 is 14.3 Å². The summed E-state index contributed by atoms with van der Waals surface area (Å²) in [6.45, 7) is 8.20. The third kappa shape index (κ3) is 3.65. The molecule has 0 spiro atoms. The molecule has 34 heavy (non-hydrogen) atoms. The minimum absolute atomic E-state index is 0.0111. The Balaban J connectivity index is 1.56. The van der Waals surface area contributed by atoms with Crippen molar-refractivity contribution in [3.05, 3.63) is 77.4 Å². The van der Waals surface area contributed by atoms with E-state index in [-0.39, 0.29) is 5.78 Å². The summed E-state index contributed by atoms with van der Waals surface area (Å²) in [5.74, 6) is -0.420. The third-order valence-electron chi connectivity index (χ3n) is 6.57. The van der Waals surface area contributed by atoms with Crippen molar-refractivity contribution in [1.82, 2.24) is 4.57 Å². The number of benzene rings is 3. The Morgan fingerprint density at radius 1 is 0.971 bits per heavy atom. The minimum Gasteiger partial charge on any atom is -0.372 e. The van der Waals surface area contributed by atoms with Gasteiger partial charge >= 0.3 is 5.97 Å². The monoisotopic (exact) mass is 453 g/mol. The van der Waals surface area contributed by atoms with Crippen molar-refractivity contribution in [3.8, 4) is 0 Å². The molecule has 1 aromatic heterocycles. The van der Waals surface area contributed by atoms with Crippen LogP contribution in [0.2, 0.25) is 0 Å². The van der Waals surface area contributed by atoms with E-state index in [1.54, 1.807) is 0 Å². The Labute approximate surface area is 198 Å². The maximum Gasteiger partial charge on any atom is 0.331 e. The number of carbonyl (C=O) groups is 2. The number of ketones is 1. The fraction of sp³-hybridized carbons (Fsp3) is 0.250. The molecule has 0 aliphatic carbocycles. The highest BCUT2D eigenvalue weighted by molar-refractivity contribution is 6.20. The number of anilines is 1. The molecule has 0 radical (unpaired) electrons. The van der Waals surface area contributed by atoms with Gasteiger partial charge in [0.05, 0.1) is 11.2 Å². The molecule has 1 aliphatic heterocycles. The van der Waals surface area contributed by atoms with Gasteiger partial charge in [-0.3, -0.25) is 4.79 Å². The lowest BCUT2D eigenvalue weighted by molar-refractivity contribution is -0.140. The van der Waals surface area contributed by atoms with Crippen LogP contribution >= 0.6 is 0 Å². The normalized spacial score (nSPS) is 14.0. The van der Waals surface area contributed by atoms with E-state index >= 15 is 0 Å². The van der Waals surface area contributed by atoms with Crippen LogP contribution in [0.5, 0.6) is 0 Å². The van der Waals surface area contributed by atoms with E-state index in [4.69, 9.17) is 4.84 Å². The van der Waals surface area contributed by atoms with Gasteiger partial charge in [0.1, 0.15) is 0 Å². The molecule has 0 saturated heterocycles. The van der Waals surface area contributed by atoms with Crippen molar-refractivity contribution in [2.45, 2.75) is 33.7 Å². The van der Waals surface area contributed by atoms with Crippen LogP contribution in [-0.2, 0) is 16.2 Å². The number of nitrogens with zero attached hydrogens (tertiary/aromatic N) is 3. The molecule has 0 atom stereocenters. The number of hydrogen-bond donors (Lipinski definition) is 0. The number of carbonyl (C=O) groups excluding carboxylic acids is 2. The zero-order chi connectivity index (χ0) is 23.8. The van der Waals surface area contributed by atoms with Gasteiger partial charge in [-0.25, -0.2) is 4.79 Å². The molecule has 3 aromatic carbocycles. The van der Waals surface area contributed by atoms with Crippen molar-refractivity contribution >= 4 is 45.0 Å². The SMILES string of the molecule is CCN(CC)c1ccc(C(=O)c2ccc3c(c2)c2cccc4c2n3CC/C4=N\OC(C)=O)cc1. The number of rotatable bonds is 6. The summed E-state index contributed by atoms with van der Waals surface area (Å²) in [5, 5.41) is 6.19. The molecule has 6 nitrogen and oxygen atoms in total. The van der Waals surface area contributed by atoms with Crippen LogP contribution in [0, 0.1) is 0 Å². The van der Waals surface area contributed by atoms with Crippen LogP contribution in [0.1, 0.15) is 48.7 Å². The number of aryl methyl sites for hydroxylation is 1. The van der Waals surface area contributed by atoms with Crippen LogP contribution < -0.4 is 4.90 Å². The molecule has 0 unspecified atom stereocenters. The first-order valence-electron chi connectivity index (χ1n) is 11.7. The van der Waals surface area contributed by atoms with Gasteiger partial charge in [0.15, 0.2) is 5.78 Å². The van der Waals surface area contributed by atoms with Gasteiger partial charge in [-0.15, -0.1) is 0 Å². The maximum atomic E-state index is 13.3. The quantitative estimate of drug-likeness (QED) is 0.218. The average Bonchev–Trinajstić information content (AvgIpc) is 3.19. The smallest absolute Gasteiger partial charge is 0.331 e. The Kier molecular flexibility index (Phi) is 5.65. The van der Waals surface area contributed by atoms with Crippen molar-refractivity contribution in [2.75, 3.05) is 18.0 Å². The molecule has 0 fully saturated rings. The third-order valence-corrected chi connectivity index (χ3v) is 6.57. The summed E-state index contributed by atoms with van der Waals surface area (Å²) in [6.07, 6.45) is 0.669. The second-order valence-corrected chi connectivity index (χ2v) is 8.50. The first kappa shape index (κ1) is 21.9. The average molecular weight is 454 g/mol. The Hall–Kier alpha value is -3.93. The van der Waals surface area contributed by atoms with Gasteiger partial charge in [-0.05, 0) is 56.3 Å². The Morgan fingerprint density at radius 3 is 2.41 bits per heavy atom. The second-order valence-electron chi connectivity index (χ2n) is 8.50. The highest BCUT2D eigenvalue weighted by Gasteiger charge is 2.23. The fourth-order valence-electron chi connectivity index (χ4n) is 4.91. The van der Waals surface area contributed by atoms with E-state index in [1.807, 2.05) is 54.6 Å². The summed E-state index contributed by atoms with van der Waals surface area (Å²) in [6, 6.07) is 19.8. The van der Waals surface area contributed by atoms with E-state index in [0.717, 1.165) is 58.4 Å². The molecule has 0 bridgehead atoms. The zero-order valence-corrected chi connectivity index (χ0v) is 19.7. The van der Waals surface area contributed by atoms with Crippen LogP contribution in [0.3, 0.4) is 0 Å². The number of aromatic nitrogens is 1. The Morgan fingerprint density at radius 2 is 1.71 bits per heavy atom. The summed E-state index contributed by atoms with van der Waals surface area (Å²) in [7, 11) is 0. The lowest BCUT2D eigenvalue weighted by Gasteiger charge is -2.21. The van der Waals surface area contributed by atoms with Crippen molar-refractivity contribution in [2.24, 2.45) is 5.16 Å². The van der Waals surface area contributed by atoms with Crippen LogP contribution in [0.4, 0.5) is 5.69 Å². The van der Waals surface area contributed by atoms with Gasteiger partial charge in [0.2, 0.25) is 0 Å². The Bertz CT molecular complexity index is 1440. The standard InChI is InChI=1S/C28H27N3O3/c1-4-30(5-2)21-12-9-19(10-13-21)28(33)20-11-14-26-24(17-20)22-7-6-8-23-25(29-34-18(3)32)15-16-31(26)27(22)23/h6-14,17H,4-5,15-16H2,1-3H3/b29-25+. The lowest BCUT2D eigenvalue weighted by atomic mass is 9.99. The highest BCUT2D eigenvalue weighted by atomic mass is 16.7. The van der Waals surface area contributed by atoms with Crippen molar-refractivity contribution in [1.29, 1.82) is 0 Å². The van der Waals surface area contributed by atoms with Crippen LogP contribution in [0.25, 0.3) is 21.8 Å². The number of fused-ring (bicyclic) bond motifs is 3. The van der Waals surface area contributed by atoms with E-state index in [1.165, 1.54) is 6.92 Å². The lowest BCUT2D eigenvalue weighted by Crippen LogP contribution is -2.21. The minimum atomic E-state index is -0.431. The zero-order valence-electron chi connectivity index (χ0n) is 19.7. The predicted octanol–water partition coefficient (Wildman–Crippen LogP) is 5.54. The van der Waals surface area contributed by atoms with Crippen molar-refractivity contribution in [3.63, 3.8) is 0 Å². The molecular weight excluding hydrogens is 426 g/mol. The van der Waals surface area contributed by atoms with Gasteiger partial charge in [0, 0.05) is 71.6 Å². The van der Waals surface area contributed by atoms with E-state index < -0.39 is 5.97 Å². The highest BCUT2D eigenvalue weighted by Crippen LogP contribution is 2.35. The van der Waals surface area contributed by atoms with Crippen LogP contribution in [0.15, 0.2) is 65.8 Å². The van der Waals surface area contributed by atoms with Crippen LogP contribution in [-0.4, -0.2) is 35.1 Å². The van der Waals surface area contributed by atoms with Crippen molar-refractivity contribution < 1.29 is 14.4 Å². The summed E-state index contributed by atoms with van der Waals surface area (Å²) in [5.41, 5.74) is 6.34. The van der Waals surface area contributed by atoms with Gasteiger partial charge in [-0.2, -0.15) is 0 Å². The largest absolute Gasteiger partial charge is 0.372 e. The second kappa shape index (κ2) is 8.78. The fourth-order valence-corrected chi connectivity index (χ4v) is 4.91. The molecule has 172 valence electrons. The molecule has 1 aliphatic rings. The first-order chi connectivity index (χ1) is 16.5. The molecule has 0 saturated carbocycles. The topological polar surface area (TPSA) is 63.9 Å². The number of oxime groups is 1. The molecule has 0 amide bonds. The van der Waals surface area contributed by atoms with E-state index in [0.29, 0.717) is 17.5 Å². The van der Waals surface area contributed by atoms with E-state index in [2.05, 4.69) is 34.5 Å². The summed E-state index contributed by atoms with van der Waals surface area (Å²) >= 11 is 0. The molecule has 0 N–H and O–H groups in total. The molecule has 6 heteroatoms. The summed E-state index contributed by atoms with van der Waals surface area (Å²) < 4.78 is 2.26. The molecular formula is C28H27N3O3. The van der Waals surface area contributed by atoms with E-state index in [9.17, 15) is 9.59 Å². The number of para-hydroxylation sites is 1.